The normalized spacial score (nSPS) is 11.7. The van der Waals surface area contributed by atoms with Crippen LogP contribution in [0.3, 0.4) is 0 Å². The lowest BCUT2D eigenvalue weighted by Crippen LogP contribution is -2.26. The van der Waals surface area contributed by atoms with Crippen molar-refractivity contribution in [3.05, 3.63) is 60.9 Å². The Bertz CT molecular complexity index is 1270. The highest BCUT2D eigenvalue weighted by molar-refractivity contribution is 6.03. The van der Waals surface area contributed by atoms with Gasteiger partial charge >= 0.3 is 5.97 Å². The number of rotatable bonds is 7. The number of carbonyl (C=O) groups is 2. The minimum absolute atomic E-state index is 0.379. The molecule has 1 atom stereocenters. The van der Waals surface area contributed by atoms with Crippen LogP contribution in [0.15, 0.2) is 60.9 Å². The van der Waals surface area contributed by atoms with Crippen molar-refractivity contribution in [2.45, 2.75) is 6.92 Å². The molecule has 0 aliphatic carbocycles. The Kier molecular flexibility index (Phi) is 5.67. The van der Waals surface area contributed by atoms with Gasteiger partial charge in [0.25, 0.3) is 0 Å². The number of carbonyl (C=O) groups excluding carboxylic acids is 1. The predicted octanol–water partition coefficient (Wildman–Crippen LogP) is 3.23. The zero-order valence-corrected chi connectivity index (χ0v) is 17.3. The summed E-state index contributed by atoms with van der Waals surface area (Å²) in [5.41, 5.74) is 2.66. The van der Waals surface area contributed by atoms with Crippen LogP contribution in [0.1, 0.15) is 6.92 Å². The van der Waals surface area contributed by atoms with Crippen molar-refractivity contribution in [1.29, 1.82) is 0 Å². The zero-order chi connectivity index (χ0) is 22.7. The fourth-order valence-electron chi connectivity index (χ4n) is 2.92. The average molecular weight is 432 g/mol. The first-order chi connectivity index (χ1) is 15.4. The van der Waals surface area contributed by atoms with E-state index in [1.807, 2.05) is 24.3 Å². The molecule has 3 N–H and O–H groups in total. The van der Waals surface area contributed by atoms with Gasteiger partial charge in [0.05, 0.1) is 24.4 Å². The van der Waals surface area contributed by atoms with E-state index in [-0.39, 0.29) is 0 Å². The summed E-state index contributed by atoms with van der Waals surface area (Å²) in [6.45, 7) is 1.33. The second kappa shape index (κ2) is 8.72. The standard InChI is InChI=1S/C22H20N6O4/c1-13(21(30)31)20(29)25-15-3-5-16(6-4-15)26-22-23-11-14-12-24-28(19(14)27-22)17-7-9-18(32-2)10-8-17/h3-13H,1-2H3,(H,25,29)(H,30,31)(H,23,26,27). The molecule has 2 aromatic carbocycles. The molecule has 0 radical (unpaired) electrons. The number of amides is 1. The zero-order valence-electron chi connectivity index (χ0n) is 17.3. The first kappa shape index (κ1) is 20.8. The van der Waals surface area contributed by atoms with Crippen molar-refractivity contribution in [1.82, 2.24) is 19.7 Å². The van der Waals surface area contributed by atoms with Gasteiger partial charge in [-0.3, -0.25) is 9.59 Å². The second-order valence-electron chi connectivity index (χ2n) is 6.98. The number of hydrogen-bond acceptors (Lipinski definition) is 7. The molecule has 0 aliphatic heterocycles. The van der Waals surface area contributed by atoms with Gasteiger partial charge in [-0.2, -0.15) is 10.1 Å². The summed E-state index contributed by atoms with van der Waals surface area (Å²) in [6.07, 6.45) is 3.37. The Labute approximate surface area is 182 Å². The molecule has 2 aromatic heterocycles. The molecule has 1 amide bonds. The Balaban J connectivity index is 1.52. The smallest absolute Gasteiger partial charge is 0.315 e. The maximum absolute atomic E-state index is 11.9. The summed E-state index contributed by atoms with van der Waals surface area (Å²) in [7, 11) is 1.61. The van der Waals surface area contributed by atoms with E-state index in [0.717, 1.165) is 16.8 Å². The Morgan fingerprint density at radius 3 is 2.38 bits per heavy atom. The number of aliphatic carboxylic acids is 1. The number of methoxy groups -OCH3 is 1. The molecule has 4 aromatic rings. The topological polar surface area (TPSA) is 131 Å². The third-order valence-electron chi connectivity index (χ3n) is 4.80. The number of carboxylic acids is 1. The molecule has 4 rings (SSSR count). The first-order valence-corrected chi connectivity index (χ1v) is 9.70. The van der Waals surface area contributed by atoms with E-state index < -0.39 is 17.8 Å². The molecule has 0 fully saturated rings. The fraction of sp³-hybridized carbons (Fsp3) is 0.136. The molecular formula is C22H20N6O4. The highest BCUT2D eigenvalue weighted by Gasteiger charge is 2.20. The minimum atomic E-state index is -1.18. The van der Waals surface area contributed by atoms with Crippen LogP contribution < -0.4 is 15.4 Å². The monoisotopic (exact) mass is 432 g/mol. The maximum Gasteiger partial charge on any atom is 0.315 e. The Morgan fingerprint density at radius 1 is 1.03 bits per heavy atom. The molecule has 1 unspecified atom stereocenters. The molecule has 10 nitrogen and oxygen atoms in total. The van der Waals surface area contributed by atoms with Crippen LogP contribution in [-0.4, -0.2) is 43.8 Å². The summed E-state index contributed by atoms with van der Waals surface area (Å²) in [6, 6.07) is 14.3. The maximum atomic E-state index is 11.9. The first-order valence-electron chi connectivity index (χ1n) is 9.70. The summed E-state index contributed by atoms with van der Waals surface area (Å²) in [5, 5.41) is 19.8. The van der Waals surface area contributed by atoms with Gasteiger partial charge in [0.1, 0.15) is 11.7 Å². The van der Waals surface area contributed by atoms with E-state index in [1.54, 1.807) is 48.5 Å². The van der Waals surface area contributed by atoms with E-state index in [2.05, 4.69) is 25.7 Å². The lowest BCUT2D eigenvalue weighted by Gasteiger charge is -2.10. The summed E-state index contributed by atoms with van der Waals surface area (Å²) >= 11 is 0. The third kappa shape index (κ3) is 4.33. The number of hydrogen-bond donors (Lipinski definition) is 3. The fourth-order valence-corrected chi connectivity index (χ4v) is 2.92. The van der Waals surface area contributed by atoms with Gasteiger partial charge in [-0.05, 0) is 55.5 Å². The number of nitrogens with one attached hydrogen (secondary N) is 2. The molecule has 10 heteroatoms. The number of ether oxygens (including phenoxy) is 1. The molecule has 0 saturated carbocycles. The van der Waals surface area contributed by atoms with Crippen molar-refractivity contribution >= 4 is 40.2 Å². The summed E-state index contributed by atoms with van der Waals surface area (Å²) in [4.78, 5) is 31.7. The van der Waals surface area contributed by atoms with E-state index in [9.17, 15) is 9.59 Å². The van der Waals surface area contributed by atoms with Crippen LogP contribution in [0.2, 0.25) is 0 Å². The largest absolute Gasteiger partial charge is 0.497 e. The number of anilines is 3. The number of aromatic nitrogens is 4. The molecule has 0 saturated heterocycles. The highest BCUT2D eigenvalue weighted by atomic mass is 16.5. The second-order valence-corrected chi connectivity index (χ2v) is 6.98. The van der Waals surface area contributed by atoms with E-state index in [4.69, 9.17) is 9.84 Å². The Morgan fingerprint density at radius 2 is 1.72 bits per heavy atom. The summed E-state index contributed by atoms with van der Waals surface area (Å²) in [5.74, 6) is -1.77. The van der Waals surface area contributed by atoms with Gasteiger partial charge in [-0.1, -0.05) is 0 Å². The van der Waals surface area contributed by atoms with Crippen LogP contribution in [0.25, 0.3) is 16.7 Å². The van der Waals surface area contributed by atoms with Crippen molar-refractivity contribution in [3.8, 4) is 11.4 Å². The van der Waals surface area contributed by atoms with Gasteiger partial charge in [0, 0.05) is 17.6 Å². The highest BCUT2D eigenvalue weighted by Crippen LogP contribution is 2.22. The van der Waals surface area contributed by atoms with E-state index >= 15 is 0 Å². The van der Waals surface area contributed by atoms with Crippen LogP contribution in [0.4, 0.5) is 17.3 Å². The number of nitrogens with zero attached hydrogens (tertiary/aromatic N) is 4. The molecule has 2 heterocycles. The Hall–Kier alpha value is -4.47. The van der Waals surface area contributed by atoms with Crippen molar-refractivity contribution in [3.63, 3.8) is 0 Å². The van der Waals surface area contributed by atoms with Gasteiger partial charge in [-0.25, -0.2) is 9.67 Å². The van der Waals surface area contributed by atoms with E-state index in [1.165, 1.54) is 6.92 Å². The molecule has 0 aliphatic rings. The SMILES string of the molecule is COc1ccc(-n2ncc3cnc(Nc4ccc(NC(=O)C(C)C(=O)O)cc4)nc32)cc1. The van der Waals surface area contributed by atoms with Crippen molar-refractivity contribution < 1.29 is 19.4 Å². The van der Waals surface area contributed by atoms with Gasteiger partial charge in [0.2, 0.25) is 11.9 Å². The third-order valence-corrected chi connectivity index (χ3v) is 4.80. The van der Waals surface area contributed by atoms with Crippen LogP contribution >= 0.6 is 0 Å². The predicted molar refractivity (Wildman–Crippen MR) is 118 cm³/mol. The lowest BCUT2D eigenvalue weighted by atomic mass is 10.1. The van der Waals surface area contributed by atoms with Crippen molar-refractivity contribution in [2.24, 2.45) is 5.92 Å². The molecular weight excluding hydrogens is 412 g/mol. The molecule has 32 heavy (non-hydrogen) atoms. The average Bonchev–Trinajstić information content (AvgIpc) is 3.23. The van der Waals surface area contributed by atoms with Crippen LogP contribution in [-0.2, 0) is 9.59 Å². The molecule has 0 spiro atoms. The van der Waals surface area contributed by atoms with Gasteiger partial charge < -0.3 is 20.5 Å². The van der Waals surface area contributed by atoms with Crippen LogP contribution in [0.5, 0.6) is 5.75 Å². The minimum Gasteiger partial charge on any atom is -0.497 e. The lowest BCUT2D eigenvalue weighted by molar-refractivity contribution is -0.144. The summed E-state index contributed by atoms with van der Waals surface area (Å²) < 4.78 is 6.91. The quantitative estimate of drug-likeness (QED) is 0.379. The van der Waals surface area contributed by atoms with E-state index in [0.29, 0.717) is 23.0 Å². The number of benzene rings is 2. The van der Waals surface area contributed by atoms with Crippen molar-refractivity contribution in [2.75, 3.05) is 17.7 Å². The number of carboxylic acid groups (broad SMARTS) is 1. The van der Waals surface area contributed by atoms with Gasteiger partial charge in [-0.15, -0.1) is 0 Å². The molecule has 162 valence electrons. The van der Waals surface area contributed by atoms with Gasteiger partial charge in [0.15, 0.2) is 5.65 Å². The number of fused-ring (bicyclic) bond motifs is 1. The van der Waals surface area contributed by atoms with Crippen LogP contribution in [0, 0.1) is 5.92 Å². The molecule has 0 bridgehead atoms.